The third kappa shape index (κ3) is 9.45. The van der Waals surface area contributed by atoms with Gasteiger partial charge in [-0.3, -0.25) is 4.79 Å². The topological polar surface area (TPSA) is 119 Å². The van der Waals surface area contributed by atoms with Gasteiger partial charge in [0.2, 0.25) is 0 Å². The summed E-state index contributed by atoms with van der Waals surface area (Å²) in [6.45, 7) is 10.9. The number of unbranched alkanes of at least 4 members (excludes halogenated alkanes) is 1. The lowest BCUT2D eigenvalue weighted by Crippen LogP contribution is -2.57. The van der Waals surface area contributed by atoms with E-state index in [-0.39, 0.29) is 48.8 Å². The average Bonchev–Trinajstić information content (AvgIpc) is 3.36. The molecule has 1 fully saturated rings. The molecule has 2 amide bonds. The van der Waals surface area contributed by atoms with Crippen LogP contribution in [0.5, 0.6) is 0 Å². The highest BCUT2D eigenvalue weighted by atomic mass is 19.1. The standard InChI is InChI=1S/C31H48FN5O6/c1-21(2)17-36(23-16-22(27(38)20-42-7)18-35(19-23)30(40)43-31(3,4)5)29(39)28-26(14-10-11-15-41-6)37(34-33-28)25-13-9-8-12-24(25)32/h8-9,12-13,21-23,27,38H,10-11,14-20H2,1-7H3/t22-,23+,27?/m1/s1. The van der Waals surface area contributed by atoms with E-state index >= 15 is 0 Å². The minimum atomic E-state index is -0.841. The first-order valence-electron chi connectivity index (χ1n) is 15.0. The van der Waals surface area contributed by atoms with Gasteiger partial charge >= 0.3 is 6.09 Å². The van der Waals surface area contributed by atoms with Gasteiger partial charge in [-0.25, -0.2) is 13.9 Å². The van der Waals surface area contributed by atoms with E-state index in [2.05, 4.69) is 10.3 Å². The summed E-state index contributed by atoms with van der Waals surface area (Å²) in [6.07, 6.45) is 0.967. The Hall–Kier alpha value is -3.09. The van der Waals surface area contributed by atoms with Crippen LogP contribution in [0.3, 0.4) is 0 Å². The van der Waals surface area contributed by atoms with Crippen molar-refractivity contribution in [1.29, 1.82) is 0 Å². The van der Waals surface area contributed by atoms with Crippen molar-refractivity contribution in [3.8, 4) is 5.69 Å². The van der Waals surface area contributed by atoms with E-state index < -0.39 is 29.7 Å². The van der Waals surface area contributed by atoms with Crippen LogP contribution in [0, 0.1) is 17.7 Å². The maximum absolute atomic E-state index is 14.9. The molecule has 1 aliphatic rings. The summed E-state index contributed by atoms with van der Waals surface area (Å²) in [6, 6.07) is 5.81. The first kappa shape index (κ1) is 34.4. The molecular formula is C31H48FN5O6. The number of rotatable bonds is 13. The fourth-order valence-electron chi connectivity index (χ4n) is 5.37. The molecule has 3 rings (SSSR count). The minimum absolute atomic E-state index is 0.0926. The Morgan fingerprint density at radius 1 is 1.14 bits per heavy atom. The predicted molar refractivity (Wildman–Crippen MR) is 160 cm³/mol. The fourth-order valence-corrected chi connectivity index (χ4v) is 5.37. The summed E-state index contributed by atoms with van der Waals surface area (Å²) in [5.41, 5.74) is 0.157. The third-order valence-corrected chi connectivity index (χ3v) is 7.32. The van der Waals surface area contributed by atoms with Gasteiger partial charge in [0.25, 0.3) is 5.91 Å². The summed E-state index contributed by atoms with van der Waals surface area (Å²) < 4.78 is 32.3. The molecule has 1 saturated heterocycles. The number of hydrogen-bond acceptors (Lipinski definition) is 8. The lowest BCUT2D eigenvalue weighted by molar-refractivity contribution is -0.0347. The Bertz CT molecular complexity index is 1200. The number of carbonyl (C=O) groups excluding carboxylic acids is 2. The van der Waals surface area contributed by atoms with Crippen LogP contribution in [-0.4, -0.2) is 107 Å². The Labute approximate surface area is 254 Å². The van der Waals surface area contributed by atoms with Crippen molar-refractivity contribution in [3.63, 3.8) is 0 Å². The van der Waals surface area contributed by atoms with Gasteiger partial charge in [0.05, 0.1) is 24.4 Å². The number of benzene rings is 1. The normalized spacial score (nSPS) is 18.1. The van der Waals surface area contributed by atoms with Crippen LogP contribution in [0.25, 0.3) is 5.69 Å². The molecular weight excluding hydrogens is 557 g/mol. The van der Waals surface area contributed by atoms with Crippen molar-refractivity contribution in [3.05, 3.63) is 41.5 Å². The van der Waals surface area contributed by atoms with E-state index in [1.807, 2.05) is 13.8 Å². The van der Waals surface area contributed by atoms with E-state index in [1.165, 1.54) is 17.9 Å². The monoisotopic (exact) mass is 605 g/mol. The number of likely N-dealkylation sites (tertiary alicyclic amines) is 1. The molecule has 2 aromatic rings. The number of nitrogens with zero attached hydrogens (tertiary/aromatic N) is 5. The minimum Gasteiger partial charge on any atom is -0.444 e. The molecule has 0 radical (unpaired) electrons. The number of carbonyl (C=O) groups is 2. The smallest absolute Gasteiger partial charge is 0.410 e. The van der Waals surface area contributed by atoms with Crippen molar-refractivity contribution < 1.29 is 33.3 Å². The van der Waals surface area contributed by atoms with Gasteiger partial charge in [-0.15, -0.1) is 5.10 Å². The second-order valence-electron chi connectivity index (χ2n) is 12.6. The van der Waals surface area contributed by atoms with Gasteiger partial charge in [-0.1, -0.05) is 31.2 Å². The van der Waals surface area contributed by atoms with E-state index in [4.69, 9.17) is 14.2 Å². The molecule has 2 heterocycles. The molecule has 0 spiro atoms. The molecule has 1 unspecified atom stereocenters. The SMILES string of the molecule is COCCCCc1c(C(=O)N(CC(C)C)[C@H]2C[C@@H](C(O)COC)CN(C(=O)OC(C)(C)C)C2)nnn1-c1ccccc1F. The molecule has 43 heavy (non-hydrogen) atoms. The third-order valence-electron chi connectivity index (χ3n) is 7.32. The van der Waals surface area contributed by atoms with Gasteiger partial charge in [0, 0.05) is 46.4 Å². The lowest BCUT2D eigenvalue weighted by atomic mass is 9.88. The van der Waals surface area contributed by atoms with Crippen LogP contribution >= 0.6 is 0 Å². The van der Waals surface area contributed by atoms with Gasteiger partial charge in [-0.05, 0) is 64.5 Å². The Balaban J connectivity index is 2.02. The van der Waals surface area contributed by atoms with Gasteiger partial charge in [0.1, 0.15) is 17.1 Å². The highest BCUT2D eigenvalue weighted by Crippen LogP contribution is 2.28. The van der Waals surface area contributed by atoms with Crippen LogP contribution in [0.1, 0.15) is 70.1 Å². The zero-order chi connectivity index (χ0) is 31.7. The molecule has 12 heteroatoms. The number of aromatic nitrogens is 3. The highest BCUT2D eigenvalue weighted by molar-refractivity contribution is 5.93. The van der Waals surface area contributed by atoms with Crippen LogP contribution in [0.4, 0.5) is 9.18 Å². The van der Waals surface area contributed by atoms with Crippen LogP contribution < -0.4 is 0 Å². The van der Waals surface area contributed by atoms with Crippen molar-refractivity contribution in [1.82, 2.24) is 24.8 Å². The van der Waals surface area contributed by atoms with E-state index in [0.29, 0.717) is 38.1 Å². The van der Waals surface area contributed by atoms with Crippen molar-refractivity contribution in [2.24, 2.45) is 11.8 Å². The first-order valence-corrected chi connectivity index (χ1v) is 15.0. The second kappa shape index (κ2) is 15.6. The largest absolute Gasteiger partial charge is 0.444 e. The molecule has 1 aliphatic heterocycles. The Morgan fingerprint density at radius 3 is 2.49 bits per heavy atom. The zero-order valence-corrected chi connectivity index (χ0v) is 26.6. The van der Waals surface area contributed by atoms with Crippen molar-refractivity contribution >= 4 is 12.0 Å². The van der Waals surface area contributed by atoms with E-state index in [1.54, 1.807) is 55.9 Å². The number of hydrogen-bond donors (Lipinski definition) is 1. The molecule has 0 aliphatic carbocycles. The molecule has 0 saturated carbocycles. The quantitative estimate of drug-likeness (QED) is 0.339. The molecule has 11 nitrogen and oxygen atoms in total. The van der Waals surface area contributed by atoms with Gasteiger partial charge in [0.15, 0.2) is 5.69 Å². The number of methoxy groups -OCH3 is 2. The Kier molecular flexibility index (Phi) is 12.5. The van der Waals surface area contributed by atoms with Crippen LogP contribution in [-0.2, 0) is 20.6 Å². The molecule has 0 bridgehead atoms. The molecule has 1 N–H and O–H groups in total. The number of halogens is 1. The van der Waals surface area contributed by atoms with Crippen molar-refractivity contribution in [2.45, 2.75) is 78.0 Å². The van der Waals surface area contributed by atoms with E-state index in [0.717, 1.165) is 6.42 Å². The number of aliphatic hydroxyl groups is 1. The summed E-state index contributed by atoms with van der Waals surface area (Å²) in [7, 11) is 3.14. The molecule has 1 aromatic carbocycles. The molecule has 1 aromatic heterocycles. The van der Waals surface area contributed by atoms with Gasteiger partial charge < -0.3 is 29.1 Å². The second-order valence-corrected chi connectivity index (χ2v) is 12.6. The Morgan fingerprint density at radius 2 is 1.86 bits per heavy atom. The average molecular weight is 606 g/mol. The van der Waals surface area contributed by atoms with E-state index in [9.17, 15) is 19.1 Å². The summed E-state index contributed by atoms with van der Waals surface area (Å²) >= 11 is 0. The number of piperidine rings is 1. The number of para-hydroxylation sites is 1. The molecule has 240 valence electrons. The lowest BCUT2D eigenvalue weighted by Gasteiger charge is -2.44. The highest BCUT2D eigenvalue weighted by Gasteiger charge is 2.40. The maximum atomic E-state index is 14.9. The summed E-state index contributed by atoms with van der Waals surface area (Å²) in [4.78, 5) is 30.9. The summed E-state index contributed by atoms with van der Waals surface area (Å²) in [5.74, 6) is -1.08. The van der Waals surface area contributed by atoms with Crippen LogP contribution in [0.2, 0.25) is 0 Å². The molecule has 3 atom stereocenters. The van der Waals surface area contributed by atoms with Crippen molar-refractivity contribution in [2.75, 3.05) is 47.1 Å². The number of aliphatic hydroxyl groups excluding tert-OH is 1. The maximum Gasteiger partial charge on any atom is 0.410 e. The fraction of sp³-hybridized carbons (Fsp3) is 0.677. The number of ether oxygens (including phenoxy) is 3. The zero-order valence-electron chi connectivity index (χ0n) is 26.6. The summed E-state index contributed by atoms with van der Waals surface area (Å²) in [5, 5.41) is 19.4. The first-order chi connectivity index (χ1) is 20.4. The van der Waals surface area contributed by atoms with Gasteiger partial charge in [-0.2, -0.15) is 0 Å². The predicted octanol–water partition coefficient (Wildman–Crippen LogP) is 4.11. The number of amides is 2. The van der Waals surface area contributed by atoms with Crippen LogP contribution in [0.15, 0.2) is 24.3 Å².